The number of morpholine rings is 1. The summed E-state index contributed by atoms with van der Waals surface area (Å²) in [5.41, 5.74) is 0.476. The van der Waals surface area contributed by atoms with Gasteiger partial charge in [0.15, 0.2) is 11.5 Å². The number of aliphatic hydroxyl groups is 1. The van der Waals surface area contributed by atoms with Crippen molar-refractivity contribution in [3.8, 4) is 17.2 Å². The molecule has 1 aliphatic heterocycles. The third-order valence-electron chi connectivity index (χ3n) is 5.37. The summed E-state index contributed by atoms with van der Waals surface area (Å²) in [4.78, 5) is 17.5. The zero-order valence-electron chi connectivity index (χ0n) is 19.7. The molecule has 0 aliphatic carbocycles. The van der Waals surface area contributed by atoms with Crippen LogP contribution in [-0.2, 0) is 4.74 Å². The summed E-state index contributed by atoms with van der Waals surface area (Å²) in [6.45, 7) is 9.92. The van der Waals surface area contributed by atoms with Gasteiger partial charge in [-0.15, -0.1) is 0 Å². The number of methoxy groups -OCH3 is 3. The summed E-state index contributed by atoms with van der Waals surface area (Å²) in [5.74, 6) is 1.54. The van der Waals surface area contributed by atoms with Crippen molar-refractivity contribution in [3.05, 3.63) is 17.7 Å². The topological polar surface area (TPSA) is 80.7 Å². The Morgan fingerprint density at radius 2 is 1.87 bits per heavy atom. The molecule has 0 bridgehead atoms. The summed E-state index contributed by atoms with van der Waals surface area (Å²) in [7, 11) is 4.60. The lowest BCUT2D eigenvalue weighted by molar-refractivity contribution is -0.0513. The van der Waals surface area contributed by atoms with Crippen molar-refractivity contribution in [3.63, 3.8) is 0 Å². The zero-order valence-corrected chi connectivity index (χ0v) is 19.7. The van der Waals surface area contributed by atoms with E-state index in [1.54, 1.807) is 12.1 Å². The van der Waals surface area contributed by atoms with E-state index in [0.717, 1.165) is 13.0 Å². The Labute approximate surface area is 186 Å². The molecule has 8 nitrogen and oxygen atoms in total. The fourth-order valence-corrected chi connectivity index (χ4v) is 3.80. The molecular formula is C23H38N2O6. The average Bonchev–Trinajstić information content (AvgIpc) is 2.76. The number of carbonyl (C=O) groups excluding carboxylic acids is 1. The number of carbonyl (C=O) groups is 1. The van der Waals surface area contributed by atoms with E-state index < -0.39 is 0 Å². The number of amides is 1. The summed E-state index contributed by atoms with van der Waals surface area (Å²) in [5, 5.41) is 9.99. The highest BCUT2D eigenvalue weighted by Gasteiger charge is 2.28. The Morgan fingerprint density at radius 3 is 2.39 bits per heavy atom. The van der Waals surface area contributed by atoms with Gasteiger partial charge in [0, 0.05) is 38.3 Å². The van der Waals surface area contributed by atoms with Crippen molar-refractivity contribution in [1.82, 2.24) is 9.80 Å². The molecule has 31 heavy (non-hydrogen) atoms. The smallest absolute Gasteiger partial charge is 0.254 e. The molecule has 1 aliphatic rings. The van der Waals surface area contributed by atoms with Gasteiger partial charge in [0.1, 0.15) is 0 Å². The van der Waals surface area contributed by atoms with E-state index in [-0.39, 0.29) is 18.1 Å². The highest BCUT2D eigenvalue weighted by atomic mass is 16.5. The molecule has 1 fully saturated rings. The third-order valence-corrected chi connectivity index (χ3v) is 5.37. The van der Waals surface area contributed by atoms with E-state index in [9.17, 15) is 9.90 Å². The van der Waals surface area contributed by atoms with E-state index in [1.807, 2.05) is 11.8 Å². The summed E-state index contributed by atoms with van der Waals surface area (Å²) >= 11 is 0. The first-order valence-electron chi connectivity index (χ1n) is 10.9. The van der Waals surface area contributed by atoms with Crippen LogP contribution in [0.2, 0.25) is 0 Å². The number of hydrogen-bond donors (Lipinski definition) is 1. The normalized spacial score (nSPS) is 18.0. The molecule has 176 valence electrons. The molecule has 1 amide bonds. The van der Waals surface area contributed by atoms with Crippen molar-refractivity contribution in [2.45, 2.75) is 39.4 Å². The molecular weight excluding hydrogens is 400 g/mol. The predicted octanol–water partition coefficient (Wildman–Crippen LogP) is 2.28. The molecule has 0 radical (unpaired) electrons. The molecule has 1 aromatic carbocycles. The maximum Gasteiger partial charge on any atom is 0.254 e. The van der Waals surface area contributed by atoms with Gasteiger partial charge in [-0.2, -0.15) is 0 Å². The van der Waals surface area contributed by atoms with Gasteiger partial charge in [-0.1, -0.05) is 20.8 Å². The second kappa shape index (κ2) is 12.1. The van der Waals surface area contributed by atoms with Crippen LogP contribution >= 0.6 is 0 Å². The van der Waals surface area contributed by atoms with Crippen molar-refractivity contribution >= 4 is 5.91 Å². The van der Waals surface area contributed by atoms with Crippen LogP contribution in [0.1, 0.15) is 37.6 Å². The molecule has 1 N–H and O–H groups in total. The Bertz CT molecular complexity index is 686. The summed E-state index contributed by atoms with van der Waals surface area (Å²) in [6.07, 6.45) is 0.273. The van der Waals surface area contributed by atoms with E-state index in [2.05, 4.69) is 18.7 Å². The number of hydrogen-bond acceptors (Lipinski definition) is 7. The molecule has 1 heterocycles. The fourth-order valence-electron chi connectivity index (χ4n) is 3.80. The molecule has 0 unspecified atom stereocenters. The molecule has 8 heteroatoms. The number of rotatable bonds is 11. The Kier molecular flexibility index (Phi) is 9.87. The van der Waals surface area contributed by atoms with Crippen LogP contribution in [0.3, 0.4) is 0 Å². The first-order valence-corrected chi connectivity index (χ1v) is 10.9. The first-order chi connectivity index (χ1) is 14.8. The van der Waals surface area contributed by atoms with Crippen molar-refractivity contribution < 1.29 is 28.8 Å². The lowest BCUT2D eigenvalue weighted by atomic mass is 10.1. The van der Waals surface area contributed by atoms with Crippen LogP contribution in [0.4, 0.5) is 0 Å². The Balaban J connectivity index is 2.21. The fraction of sp³-hybridized carbons (Fsp3) is 0.696. The molecule has 0 spiro atoms. The van der Waals surface area contributed by atoms with Gasteiger partial charge in [0.25, 0.3) is 5.91 Å². The van der Waals surface area contributed by atoms with Gasteiger partial charge in [-0.05, 0) is 24.5 Å². The zero-order chi connectivity index (χ0) is 23.0. The van der Waals surface area contributed by atoms with Crippen LogP contribution in [0.25, 0.3) is 0 Å². The predicted molar refractivity (Wildman–Crippen MR) is 119 cm³/mol. The average molecular weight is 439 g/mol. The lowest BCUT2D eigenvalue weighted by Crippen LogP contribution is -2.50. The minimum absolute atomic E-state index is 0.109. The quantitative estimate of drug-likeness (QED) is 0.568. The monoisotopic (exact) mass is 438 g/mol. The van der Waals surface area contributed by atoms with Gasteiger partial charge in [0.05, 0.1) is 40.1 Å². The van der Waals surface area contributed by atoms with Gasteiger partial charge in [-0.3, -0.25) is 9.69 Å². The number of nitrogens with zero attached hydrogens (tertiary/aromatic N) is 2. The van der Waals surface area contributed by atoms with Gasteiger partial charge in [-0.25, -0.2) is 0 Å². The Morgan fingerprint density at radius 1 is 1.23 bits per heavy atom. The maximum absolute atomic E-state index is 13.5. The lowest BCUT2D eigenvalue weighted by Gasteiger charge is -2.37. The summed E-state index contributed by atoms with van der Waals surface area (Å²) < 4.78 is 22.2. The maximum atomic E-state index is 13.5. The van der Waals surface area contributed by atoms with Crippen LogP contribution in [0.15, 0.2) is 12.1 Å². The number of aliphatic hydroxyl groups excluding tert-OH is 1. The van der Waals surface area contributed by atoms with E-state index in [4.69, 9.17) is 18.9 Å². The summed E-state index contributed by atoms with van der Waals surface area (Å²) in [6, 6.07) is 3.37. The molecule has 1 saturated heterocycles. The first kappa shape index (κ1) is 25.2. The standard InChI is InChI=1S/C23H38N2O6/c1-7-18(26)13-24-8-9-31-19(14-24)15-25(12-16(2)3)23(27)17-10-20(28-4)22(30-6)21(11-17)29-5/h10-11,16,18-19,26H,7-9,12-15H2,1-6H3/t18-,19-/m0/s1. The third kappa shape index (κ3) is 6.98. The highest BCUT2D eigenvalue weighted by molar-refractivity contribution is 5.95. The van der Waals surface area contributed by atoms with Crippen LogP contribution in [0.5, 0.6) is 17.2 Å². The molecule has 0 saturated carbocycles. The highest BCUT2D eigenvalue weighted by Crippen LogP contribution is 2.38. The number of β-amino-alcohol motifs (C(OH)–C–C–N with tert-alkyl or cyclic N) is 1. The second-order valence-electron chi connectivity index (χ2n) is 8.33. The van der Waals surface area contributed by atoms with Crippen LogP contribution in [-0.4, -0.2) is 93.7 Å². The SMILES string of the molecule is CC[C@H](O)CN1CCO[C@H](CN(CC(C)C)C(=O)c2cc(OC)c(OC)c(OC)c2)C1. The van der Waals surface area contributed by atoms with Crippen LogP contribution in [0, 0.1) is 5.92 Å². The minimum atomic E-state index is -0.341. The van der Waals surface area contributed by atoms with Crippen molar-refractivity contribution in [2.75, 3.05) is 60.7 Å². The molecule has 1 aromatic rings. The second-order valence-corrected chi connectivity index (χ2v) is 8.33. The van der Waals surface area contributed by atoms with E-state index in [0.29, 0.717) is 61.5 Å². The van der Waals surface area contributed by atoms with Crippen LogP contribution < -0.4 is 14.2 Å². The van der Waals surface area contributed by atoms with Gasteiger partial charge < -0.3 is 29.0 Å². The minimum Gasteiger partial charge on any atom is -0.493 e. The Hall–Kier alpha value is -2.03. The van der Waals surface area contributed by atoms with E-state index in [1.165, 1.54) is 21.3 Å². The molecule has 2 rings (SSSR count). The van der Waals surface area contributed by atoms with Crippen molar-refractivity contribution in [1.29, 1.82) is 0 Å². The number of benzene rings is 1. The molecule has 2 atom stereocenters. The van der Waals surface area contributed by atoms with E-state index >= 15 is 0 Å². The van der Waals surface area contributed by atoms with Crippen molar-refractivity contribution in [2.24, 2.45) is 5.92 Å². The van der Waals surface area contributed by atoms with Gasteiger partial charge in [0.2, 0.25) is 5.75 Å². The van der Waals surface area contributed by atoms with Gasteiger partial charge >= 0.3 is 0 Å². The number of ether oxygens (including phenoxy) is 4. The molecule has 0 aromatic heterocycles. The largest absolute Gasteiger partial charge is 0.493 e.